The number of hydrogen-bond acceptors (Lipinski definition) is 4. The van der Waals surface area contributed by atoms with Gasteiger partial charge in [-0.15, -0.1) is 11.3 Å². The maximum absolute atomic E-state index is 12.7. The van der Waals surface area contributed by atoms with Gasteiger partial charge in [0.05, 0.1) is 10.0 Å². The van der Waals surface area contributed by atoms with E-state index in [0.717, 1.165) is 15.6 Å². The van der Waals surface area contributed by atoms with Crippen molar-refractivity contribution < 1.29 is 18.3 Å². The highest BCUT2D eigenvalue weighted by Gasteiger charge is 2.42. The number of aliphatic carboxylic acids is 1. The van der Waals surface area contributed by atoms with E-state index < -0.39 is 22.0 Å². The Labute approximate surface area is 130 Å². The molecule has 1 unspecified atom stereocenters. The van der Waals surface area contributed by atoms with Crippen LogP contribution in [0.25, 0.3) is 0 Å². The molecule has 1 aliphatic rings. The third-order valence-corrected chi connectivity index (χ3v) is 6.79. The normalized spacial score (nSPS) is 17.8. The summed E-state index contributed by atoms with van der Waals surface area (Å²) in [6.45, 7) is 0. The van der Waals surface area contributed by atoms with Crippen molar-refractivity contribution in [1.82, 2.24) is 0 Å². The van der Waals surface area contributed by atoms with E-state index >= 15 is 0 Å². The Morgan fingerprint density at radius 2 is 2.00 bits per heavy atom. The monoisotopic (exact) mass is 343 g/mol. The summed E-state index contributed by atoms with van der Waals surface area (Å²) in [4.78, 5) is 11.4. The van der Waals surface area contributed by atoms with E-state index in [4.69, 9.17) is 11.6 Å². The topological polar surface area (TPSA) is 74.7 Å². The molecule has 8 heteroatoms. The van der Waals surface area contributed by atoms with Gasteiger partial charge in [-0.05, 0) is 23.8 Å². The number of thiophene rings is 1. The maximum Gasteiger partial charge on any atom is 0.327 e. The van der Waals surface area contributed by atoms with Crippen LogP contribution in [0.5, 0.6) is 0 Å². The van der Waals surface area contributed by atoms with E-state index in [9.17, 15) is 18.3 Å². The zero-order chi connectivity index (χ0) is 15.2. The van der Waals surface area contributed by atoms with Crippen LogP contribution in [-0.4, -0.2) is 25.5 Å². The highest BCUT2D eigenvalue weighted by atomic mass is 35.5. The number of benzene rings is 1. The summed E-state index contributed by atoms with van der Waals surface area (Å²) in [6, 6.07) is 8.54. The van der Waals surface area contributed by atoms with E-state index in [0.29, 0.717) is 15.6 Å². The van der Waals surface area contributed by atoms with Gasteiger partial charge in [-0.3, -0.25) is 4.31 Å². The average molecular weight is 344 g/mol. The van der Waals surface area contributed by atoms with Gasteiger partial charge in [-0.2, -0.15) is 0 Å². The molecule has 0 fully saturated rings. The molecule has 1 aromatic carbocycles. The van der Waals surface area contributed by atoms with E-state index in [2.05, 4.69) is 0 Å². The van der Waals surface area contributed by atoms with Crippen LogP contribution in [0.15, 0.2) is 40.6 Å². The van der Waals surface area contributed by atoms with Crippen molar-refractivity contribution in [2.24, 2.45) is 0 Å². The molecule has 0 saturated heterocycles. The Morgan fingerprint density at radius 1 is 1.29 bits per heavy atom. The zero-order valence-electron chi connectivity index (χ0n) is 10.6. The number of fused-ring (bicyclic) bond motifs is 1. The summed E-state index contributed by atoms with van der Waals surface area (Å²) >= 11 is 6.70. The molecule has 1 aromatic heterocycles. The molecule has 2 aromatic rings. The lowest BCUT2D eigenvalue weighted by molar-refractivity contribution is -0.138. The fourth-order valence-corrected chi connectivity index (χ4v) is 5.59. The van der Waals surface area contributed by atoms with E-state index in [-0.39, 0.29) is 10.6 Å². The van der Waals surface area contributed by atoms with Crippen LogP contribution in [-0.2, 0) is 21.2 Å². The highest BCUT2D eigenvalue weighted by Crippen LogP contribution is 2.38. The maximum atomic E-state index is 12.7. The van der Waals surface area contributed by atoms with Crippen molar-refractivity contribution >= 4 is 44.6 Å². The molecule has 0 aliphatic carbocycles. The highest BCUT2D eigenvalue weighted by molar-refractivity contribution is 7.95. The second-order valence-electron chi connectivity index (χ2n) is 4.55. The number of para-hydroxylation sites is 1. The van der Waals surface area contributed by atoms with Gasteiger partial charge < -0.3 is 5.11 Å². The summed E-state index contributed by atoms with van der Waals surface area (Å²) in [7, 11) is -3.94. The number of halogens is 1. The second kappa shape index (κ2) is 5.01. The number of carboxylic acids is 1. The molecule has 1 atom stereocenters. The lowest BCUT2D eigenvalue weighted by atomic mass is 10.1. The quantitative estimate of drug-likeness (QED) is 0.929. The van der Waals surface area contributed by atoms with Crippen molar-refractivity contribution in [1.29, 1.82) is 0 Å². The van der Waals surface area contributed by atoms with E-state index in [1.807, 2.05) is 0 Å². The zero-order valence-corrected chi connectivity index (χ0v) is 13.0. The van der Waals surface area contributed by atoms with Gasteiger partial charge in [0, 0.05) is 6.42 Å². The van der Waals surface area contributed by atoms with Crippen molar-refractivity contribution in [2.75, 3.05) is 4.31 Å². The van der Waals surface area contributed by atoms with Crippen LogP contribution in [0, 0.1) is 0 Å². The second-order valence-corrected chi connectivity index (χ2v) is 8.30. The first kappa shape index (κ1) is 14.4. The van der Waals surface area contributed by atoms with Gasteiger partial charge in [0.25, 0.3) is 10.0 Å². The summed E-state index contributed by atoms with van der Waals surface area (Å²) in [6.07, 6.45) is 0.157. The van der Waals surface area contributed by atoms with Crippen LogP contribution in [0.1, 0.15) is 5.56 Å². The Balaban J connectivity index is 2.16. The minimum atomic E-state index is -3.94. The van der Waals surface area contributed by atoms with E-state index in [1.165, 1.54) is 12.1 Å². The van der Waals surface area contributed by atoms with Crippen LogP contribution < -0.4 is 4.31 Å². The summed E-state index contributed by atoms with van der Waals surface area (Å²) in [5, 5.41) is 9.34. The molecular formula is C13H10ClNO4S2. The largest absolute Gasteiger partial charge is 0.480 e. The SMILES string of the molecule is O=C(O)C1Cc2ccccc2N1S(=O)(=O)c1ccc(Cl)s1. The lowest BCUT2D eigenvalue weighted by Gasteiger charge is -2.23. The molecule has 110 valence electrons. The molecule has 0 saturated carbocycles. The third-order valence-electron chi connectivity index (χ3n) is 3.27. The van der Waals surface area contributed by atoms with Gasteiger partial charge >= 0.3 is 5.97 Å². The van der Waals surface area contributed by atoms with Crippen molar-refractivity contribution in [2.45, 2.75) is 16.7 Å². The smallest absolute Gasteiger partial charge is 0.327 e. The number of carboxylic acid groups (broad SMARTS) is 1. The van der Waals surface area contributed by atoms with E-state index in [1.54, 1.807) is 24.3 Å². The Kier molecular flexibility index (Phi) is 3.43. The van der Waals surface area contributed by atoms with Crippen molar-refractivity contribution in [3.05, 3.63) is 46.3 Å². The number of anilines is 1. The minimum absolute atomic E-state index is 0.0375. The third kappa shape index (κ3) is 2.31. The predicted molar refractivity (Wildman–Crippen MR) is 80.6 cm³/mol. The van der Waals surface area contributed by atoms with Crippen LogP contribution >= 0.6 is 22.9 Å². The molecule has 0 spiro atoms. The lowest BCUT2D eigenvalue weighted by Crippen LogP contribution is -2.42. The molecule has 3 rings (SSSR count). The standard InChI is InChI=1S/C13H10ClNO4S2/c14-11-5-6-12(20-11)21(18,19)15-9-4-2-1-3-8(9)7-10(15)13(16)17/h1-6,10H,7H2,(H,16,17). The fourth-order valence-electron chi connectivity index (χ4n) is 2.38. The number of rotatable bonds is 3. The number of carbonyl (C=O) groups is 1. The van der Waals surface area contributed by atoms with Crippen LogP contribution in [0.3, 0.4) is 0 Å². The summed E-state index contributed by atoms with van der Waals surface area (Å²) in [5.74, 6) is -1.17. The molecule has 2 heterocycles. The Hall–Kier alpha value is -1.57. The van der Waals surface area contributed by atoms with Gasteiger partial charge in [-0.25, -0.2) is 13.2 Å². The molecule has 0 bridgehead atoms. The average Bonchev–Trinajstić information content (AvgIpc) is 3.02. The minimum Gasteiger partial charge on any atom is -0.480 e. The molecule has 0 radical (unpaired) electrons. The van der Waals surface area contributed by atoms with Gasteiger partial charge in [0.2, 0.25) is 0 Å². The van der Waals surface area contributed by atoms with Crippen molar-refractivity contribution in [3.8, 4) is 0 Å². The molecule has 1 aliphatic heterocycles. The fraction of sp³-hybridized carbons (Fsp3) is 0.154. The summed E-state index contributed by atoms with van der Waals surface area (Å²) in [5.41, 5.74) is 1.12. The summed E-state index contributed by atoms with van der Waals surface area (Å²) < 4.78 is 26.8. The Bertz CT molecular complexity index is 815. The first-order valence-electron chi connectivity index (χ1n) is 6.02. The molecular weight excluding hydrogens is 334 g/mol. The molecule has 5 nitrogen and oxygen atoms in total. The molecule has 1 N–H and O–H groups in total. The van der Waals surface area contributed by atoms with Crippen LogP contribution in [0.4, 0.5) is 5.69 Å². The van der Waals surface area contributed by atoms with Gasteiger partial charge in [-0.1, -0.05) is 29.8 Å². The van der Waals surface area contributed by atoms with Crippen molar-refractivity contribution in [3.63, 3.8) is 0 Å². The number of nitrogens with zero attached hydrogens (tertiary/aromatic N) is 1. The predicted octanol–water partition coefficient (Wildman–Crippen LogP) is 2.61. The number of sulfonamides is 1. The first-order chi connectivity index (χ1) is 9.91. The Morgan fingerprint density at radius 3 is 2.62 bits per heavy atom. The van der Waals surface area contributed by atoms with Gasteiger partial charge in [0.1, 0.15) is 10.3 Å². The van der Waals surface area contributed by atoms with Gasteiger partial charge in [0.15, 0.2) is 0 Å². The molecule has 21 heavy (non-hydrogen) atoms. The molecule has 0 amide bonds. The number of hydrogen-bond donors (Lipinski definition) is 1. The van der Waals surface area contributed by atoms with Crippen LogP contribution in [0.2, 0.25) is 4.34 Å². The first-order valence-corrected chi connectivity index (χ1v) is 8.65.